The van der Waals surface area contributed by atoms with E-state index in [4.69, 9.17) is 10.00 Å². The van der Waals surface area contributed by atoms with E-state index < -0.39 is 34.5 Å². The quantitative estimate of drug-likeness (QED) is 0.606. The van der Waals surface area contributed by atoms with Crippen molar-refractivity contribution in [2.75, 3.05) is 6.61 Å². The fourth-order valence-corrected chi connectivity index (χ4v) is 1.81. The molecule has 3 nitrogen and oxygen atoms in total. The smallest absolute Gasteiger partial charge is 0.211 e. The zero-order valence-corrected chi connectivity index (χ0v) is 13.2. The third-order valence-electron chi connectivity index (χ3n) is 3.12. The summed E-state index contributed by atoms with van der Waals surface area (Å²) in [6, 6.07) is 1.20. The van der Waals surface area contributed by atoms with Crippen molar-refractivity contribution in [1.29, 1.82) is 5.26 Å². The van der Waals surface area contributed by atoms with E-state index in [-0.39, 0.29) is 6.61 Å². The molecule has 0 unspecified atom stereocenters. The maximum absolute atomic E-state index is 13.7. The van der Waals surface area contributed by atoms with Crippen LogP contribution in [0.25, 0.3) is 0 Å². The van der Waals surface area contributed by atoms with Crippen molar-refractivity contribution in [1.82, 2.24) is 0 Å². The topological polar surface area (TPSA) is 53.2 Å². The molecule has 0 bridgehead atoms. The van der Waals surface area contributed by atoms with Crippen molar-refractivity contribution in [3.8, 4) is 17.6 Å². The van der Waals surface area contributed by atoms with Gasteiger partial charge in [0.2, 0.25) is 11.6 Å². The molecule has 0 heterocycles. The van der Waals surface area contributed by atoms with Crippen molar-refractivity contribution in [2.45, 2.75) is 33.6 Å². The lowest BCUT2D eigenvalue weighted by Gasteiger charge is -2.10. The molecule has 0 aliphatic carbocycles. The second-order valence-electron chi connectivity index (χ2n) is 5.29. The van der Waals surface area contributed by atoms with Crippen LogP contribution in [-0.2, 0) is 0 Å². The minimum atomic E-state index is -1.63. The summed E-state index contributed by atoms with van der Waals surface area (Å²) in [5.41, 5.74) is 1.06. The van der Waals surface area contributed by atoms with Crippen LogP contribution < -0.4 is 4.74 Å². The van der Waals surface area contributed by atoms with Crippen molar-refractivity contribution < 1.29 is 23.0 Å². The summed E-state index contributed by atoms with van der Waals surface area (Å²) in [7, 11) is 0. The van der Waals surface area contributed by atoms with Crippen LogP contribution in [0.5, 0.6) is 11.5 Å². The molecule has 23 heavy (non-hydrogen) atoms. The number of aromatic hydroxyl groups is 1. The molecule has 0 aliphatic rings. The second kappa shape index (κ2) is 8.28. The molecule has 0 aromatic heterocycles. The molecule has 6 heteroatoms. The summed E-state index contributed by atoms with van der Waals surface area (Å²) in [6.45, 7) is 5.63. The lowest BCUT2D eigenvalue weighted by Crippen LogP contribution is -2.04. The molecule has 0 atom stereocenters. The molecule has 0 saturated carbocycles. The molecule has 1 aromatic carbocycles. The summed E-state index contributed by atoms with van der Waals surface area (Å²) in [5.74, 6) is -7.05. The summed E-state index contributed by atoms with van der Waals surface area (Å²) in [4.78, 5) is 0. The number of rotatable bonds is 6. The van der Waals surface area contributed by atoms with Crippen molar-refractivity contribution in [3.05, 3.63) is 46.3 Å². The minimum absolute atomic E-state index is 0.181. The number of allylic oxidation sites excluding steroid dienone is 3. The Labute approximate surface area is 133 Å². The molecule has 0 saturated heterocycles. The molecule has 0 radical (unpaired) electrons. The van der Waals surface area contributed by atoms with E-state index in [1.54, 1.807) is 6.08 Å². The number of ether oxygens (including phenoxy) is 1. The molecular weight excluding hydrogens is 307 g/mol. The van der Waals surface area contributed by atoms with E-state index in [1.807, 2.05) is 20.8 Å². The van der Waals surface area contributed by atoms with Crippen LogP contribution in [0.1, 0.15) is 39.2 Å². The van der Waals surface area contributed by atoms with Gasteiger partial charge in [-0.05, 0) is 39.7 Å². The maximum atomic E-state index is 13.7. The number of hydrogen-bond acceptors (Lipinski definition) is 3. The van der Waals surface area contributed by atoms with Crippen LogP contribution in [0.4, 0.5) is 13.2 Å². The molecule has 1 N–H and O–H groups in total. The number of hydrogen-bond donors (Lipinski definition) is 1. The number of nitriles is 1. The number of benzene rings is 1. The van der Waals surface area contributed by atoms with E-state index in [2.05, 4.69) is 6.08 Å². The summed E-state index contributed by atoms with van der Waals surface area (Å²) < 4.78 is 45.8. The Kier molecular flexibility index (Phi) is 6.70. The summed E-state index contributed by atoms with van der Waals surface area (Å²) >= 11 is 0. The van der Waals surface area contributed by atoms with Gasteiger partial charge < -0.3 is 9.84 Å². The monoisotopic (exact) mass is 325 g/mol. The number of nitrogens with zero attached hydrogens (tertiary/aromatic N) is 1. The molecule has 0 spiro atoms. The average molecular weight is 325 g/mol. The lowest BCUT2D eigenvalue weighted by molar-refractivity contribution is 0.299. The predicted molar refractivity (Wildman–Crippen MR) is 80.6 cm³/mol. The SMILES string of the molecule is CC(C)=CCC/C(C)=C/COc1c(F)c(O)c(C#N)c(F)c1F. The first-order valence-electron chi connectivity index (χ1n) is 7.00. The van der Waals surface area contributed by atoms with Gasteiger partial charge in [0.1, 0.15) is 18.2 Å². The van der Waals surface area contributed by atoms with Crippen LogP contribution in [0.2, 0.25) is 0 Å². The normalized spacial score (nSPS) is 11.1. The van der Waals surface area contributed by atoms with E-state index in [9.17, 15) is 18.3 Å². The number of halogens is 3. The van der Waals surface area contributed by atoms with Gasteiger partial charge in [0.25, 0.3) is 0 Å². The van der Waals surface area contributed by atoms with E-state index in [1.165, 1.54) is 11.6 Å². The number of phenols is 1. The first-order chi connectivity index (χ1) is 10.8. The highest BCUT2D eigenvalue weighted by molar-refractivity contribution is 5.50. The fraction of sp³-hybridized carbons (Fsp3) is 0.353. The van der Waals surface area contributed by atoms with Crippen molar-refractivity contribution in [2.24, 2.45) is 0 Å². The Balaban J connectivity index is 2.83. The molecule has 0 fully saturated rings. The van der Waals surface area contributed by atoms with Gasteiger partial charge in [0.15, 0.2) is 17.3 Å². The Bertz CT molecular complexity index is 655. The van der Waals surface area contributed by atoms with Crippen molar-refractivity contribution in [3.63, 3.8) is 0 Å². The Hall–Kier alpha value is -2.42. The van der Waals surface area contributed by atoms with Gasteiger partial charge in [-0.3, -0.25) is 0 Å². The highest BCUT2D eigenvalue weighted by Crippen LogP contribution is 2.34. The fourth-order valence-electron chi connectivity index (χ4n) is 1.81. The largest absolute Gasteiger partial charge is 0.504 e. The Morgan fingerprint density at radius 1 is 1.13 bits per heavy atom. The first kappa shape index (κ1) is 18.6. The molecule has 0 amide bonds. The molecule has 124 valence electrons. The third-order valence-corrected chi connectivity index (χ3v) is 3.12. The zero-order valence-electron chi connectivity index (χ0n) is 13.2. The van der Waals surface area contributed by atoms with Crippen LogP contribution >= 0.6 is 0 Å². The van der Waals surface area contributed by atoms with Crippen LogP contribution in [0.15, 0.2) is 23.3 Å². The van der Waals surface area contributed by atoms with Crippen LogP contribution in [0, 0.1) is 28.8 Å². The van der Waals surface area contributed by atoms with E-state index >= 15 is 0 Å². The molecular formula is C17H18F3NO2. The van der Waals surface area contributed by atoms with Gasteiger partial charge in [0, 0.05) is 0 Å². The molecule has 1 rings (SSSR count). The van der Waals surface area contributed by atoms with E-state index in [0.717, 1.165) is 18.4 Å². The third kappa shape index (κ3) is 4.78. The summed E-state index contributed by atoms with van der Waals surface area (Å²) in [5, 5.41) is 17.9. The summed E-state index contributed by atoms with van der Waals surface area (Å²) in [6.07, 6.45) is 5.27. The number of phenolic OH excluding ortho intramolecular Hbond substituents is 1. The van der Waals surface area contributed by atoms with Gasteiger partial charge in [-0.2, -0.15) is 14.0 Å². The van der Waals surface area contributed by atoms with Gasteiger partial charge in [-0.15, -0.1) is 0 Å². The van der Waals surface area contributed by atoms with Gasteiger partial charge in [0.05, 0.1) is 0 Å². The zero-order chi connectivity index (χ0) is 17.6. The Morgan fingerprint density at radius 2 is 1.78 bits per heavy atom. The van der Waals surface area contributed by atoms with Crippen LogP contribution in [0.3, 0.4) is 0 Å². The first-order valence-corrected chi connectivity index (χ1v) is 7.00. The lowest BCUT2D eigenvalue weighted by atomic mass is 10.1. The van der Waals surface area contributed by atoms with Crippen LogP contribution in [-0.4, -0.2) is 11.7 Å². The van der Waals surface area contributed by atoms with Crippen molar-refractivity contribution >= 4 is 0 Å². The second-order valence-corrected chi connectivity index (χ2v) is 5.29. The van der Waals surface area contributed by atoms with Gasteiger partial charge in [-0.1, -0.05) is 17.2 Å². The molecule has 1 aromatic rings. The maximum Gasteiger partial charge on any atom is 0.211 e. The predicted octanol–water partition coefficient (Wildman–Crippen LogP) is 4.75. The highest BCUT2D eigenvalue weighted by Gasteiger charge is 2.26. The standard InChI is InChI=1S/C17H18F3NO2/c1-10(2)5-4-6-11(3)7-8-23-17-14(19)13(18)12(9-21)16(22)15(17)20/h5,7,22H,4,6,8H2,1-3H3/b11-7+. The highest BCUT2D eigenvalue weighted by atomic mass is 19.2. The van der Waals surface area contributed by atoms with E-state index in [0.29, 0.717) is 0 Å². The Morgan fingerprint density at radius 3 is 2.35 bits per heavy atom. The van der Waals surface area contributed by atoms with Gasteiger partial charge >= 0.3 is 0 Å². The average Bonchev–Trinajstić information content (AvgIpc) is 2.49. The molecule has 0 aliphatic heterocycles. The van der Waals surface area contributed by atoms with Gasteiger partial charge in [-0.25, -0.2) is 4.39 Å². The minimum Gasteiger partial charge on any atom is -0.504 e.